The van der Waals surface area contributed by atoms with Crippen LogP contribution >= 0.6 is 0 Å². The van der Waals surface area contributed by atoms with Crippen LogP contribution in [-0.2, 0) is 25.6 Å². The Morgan fingerprint density at radius 2 is 1.60 bits per heavy atom. The number of benzene rings is 1. The molecule has 1 aliphatic rings. The third kappa shape index (κ3) is 10.1. The topological polar surface area (TPSA) is 97.4 Å². The van der Waals surface area contributed by atoms with Crippen LogP contribution in [0.2, 0.25) is 0 Å². The van der Waals surface area contributed by atoms with Gasteiger partial charge < -0.3 is 29.3 Å². The van der Waals surface area contributed by atoms with E-state index in [4.69, 9.17) is 14.2 Å². The van der Waals surface area contributed by atoms with Gasteiger partial charge in [-0.15, -0.1) is 0 Å². The molecule has 0 radical (unpaired) electrons. The van der Waals surface area contributed by atoms with E-state index >= 15 is 0 Å². The van der Waals surface area contributed by atoms with Gasteiger partial charge in [-0.1, -0.05) is 37.3 Å². The maximum Gasteiger partial charge on any atom is 0.410 e. The van der Waals surface area contributed by atoms with Gasteiger partial charge >= 0.3 is 18.2 Å². The quantitative estimate of drug-likeness (QED) is 0.457. The van der Waals surface area contributed by atoms with Gasteiger partial charge in [0.2, 0.25) is 0 Å². The number of hydrogen-bond acceptors (Lipinski definition) is 7. The van der Waals surface area contributed by atoms with Crippen molar-refractivity contribution in [3.8, 4) is 0 Å². The fourth-order valence-electron chi connectivity index (χ4n) is 3.52. The predicted octanol–water partition coefficient (Wildman–Crippen LogP) is 3.81. The molecular formula is C26H41N3O6. The fraction of sp³-hybridized carbons (Fsp3) is 0.654. The average molecular weight is 492 g/mol. The summed E-state index contributed by atoms with van der Waals surface area (Å²) in [6, 6.07) is 9.13. The number of esters is 1. The normalized spacial score (nSPS) is 17.5. The van der Waals surface area contributed by atoms with Gasteiger partial charge in [0.25, 0.3) is 0 Å². The monoisotopic (exact) mass is 491 g/mol. The summed E-state index contributed by atoms with van der Waals surface area (Å²) in [6.07, 6.45) is -0.855. The second-order valence-corrected chi connectivity index (χ2v) is 10.9. The lowest BCUT2D eigenvalue weighted by Crippen LogP contribution is -2.60. The SMILES string of the molecule is CC(CNC[C@@H]1CN(C(=O)OC(C)(C)C)CCN1C(=O)OCc1ccccc1)C(=O)OC(C)(C)C. The summed E-state index contributed by atoms with van der Waals surface area (Å²) in [5.74, 6) is -0.651. The molecule has 196 valence electrons. The zero-order valence-electron chi connectivity index (χ0n) is 22.1. The van der Waals surface area contributed by atoms with Crippen LogP contribution in [0.5, 0.6) is 0 Å². The first kappa shape index (κ1) is 28.4. The van der Waals surface area contributed by atoms with Gasteiger partial charge in [0.05, 0.1) is 12.0 Å². The maximum atomic E-state index is 12.9. The van der Waals surface area contributed by atoms with E-state index in [1.165, 1.54) is 0 Å². The molecule has 1 aromatic carbocycles. The Bertz CT molecular complexity index is 847. The van der Waals surface area contributed by atoms with E-state index in [9.17, 15) is 14.4 Å². The highest BCUT2D eigenvalue weighted by Crippen LogP contribution is 2.17. The second-order valence-electron chi connectivity index (χ2n) is 10.9. The fourth-order valence-corrected chi connectivity index (χ4v) is 3.52. The number of hydrogen-bond donors (Lipinski definition) is 1. The lowest BCUT2D eigenvalue weighted by Gasteiger charge is -2.41. The summed E-state index contributed by atoms with van der Waals surface area (Å²) in [4.78, 5) is 41.1. The van der Waals surface area contributed by atoms with Crippen molar-refractivity contribution in [2.45, 2.75) is 72.3 Å². The van der Waals surface area contributed by atoms with Crippen LogP contribution in [0.4, 0.5) is 9.59 Å². The number of nitrogens with zero attached hydrogens (tertiary/aromatic N) is 2. The molecule has 1 saturated heterocycles. The van der Waals surface area contributed by atoms with E-state index in [0.29, 0.717) is 32.7 Å². The van der Waals surface area contributed by atoms with Crippen molar-refractivity contribution in [2.24, 2.45) is 5.92 Å². The zero-order valence-corrected chi connectivity index (χ0v) is 22.1. The van der Waals surface area contributed by atoms with Crippen LogP contribution in [0, 0.1) is 5.92 Å². The molecule has 0 spiro atoms. The first-order valence-electron chi connectivity index (χ1n) is 12.1. The van der Waals surface area contributed by atoms with E-state index in [1.54, 1.807) is 16.7 Å². The Morgan fingerprint density at radius 1 is 0.971 bits per heavy atom. The summed E-state index contributed by atoms with van der Waals surface area (Å²) < 4.78 is 16.5. The Hall–Kier alpha value is -2.81. The third-order valence-electron chi connectivity index (χ3n) is 5.21. The van der Waals surface area contributed by atoms with E-state index < -0.39 is 23.4 Å². The van der Waals surface area contributed by atoms with Gasteiger partial charge in [0.1, 0.15) is 17.8 Å². The number of piperazine rings is 1. The molecule has 2 rings (SSSR count). The number of rotatable bonds is 7. The van der Waals surface area contributed by atoms with Crippen molar-refractivity contribution in [1.82, 2.24) is 15.1 Å². The van der Waals surface area contributed by atoms with Gasteiger partial charge in [0.15, 0.2) is 0 Å². The number of carbonyl (C=O) groups excluding carboxylic acids is 3. The summed E-state index contributed by atoms with van der Waals surface area (Å²) in [7, 11) is 0. The highest BCUT2D eigenvalue weighted by Gasteiger charge is 2.35. The lowest BCUT2D eigenvalue weighted by molar-refractivity contribution is -0.159. The molecule has 1 aromatic rings. The van der Waals surface area contributed by atoms with E-state index in [1.807, 2.05) is 71.9 Å². The summed E-state index contributed by atoms with van der Waals surface area (Å²) >= 11 is 0. The molecular weight excluding hydrogens is 450 g/mol. The van der Waals surface area contributed by atoms with Crippen molar-refractivity contribution in [3.63, 3.8) is 0 Å². The maximum absolute atomic E-state index is 12.9. The highest BCUT2D eigenvalue weighted by atomic mass is 16.6. The summed E-state index contributed by atoms with van der Waals surface area (Å²) in [5, 5.41) is 3.26. The average Bonchev–Trinajstić information content (AvgIpc) is 2.75. The minimum atomic E-state index is -0.612. The van der Waals surface area contributed by atoms with Crippen LogP contribution in [0.1, 0.15) is 54.0 Å². The highest BCUT2D eigenvalue weighted by molar-refractivity contribution is 5.73. The number of ether oxygens (including phenoxy) is 3. The molecule has 2 atom stereocenters. The van der Waals surface area contributed by atoms with Crippen molar-refractivity contribution < 1.29 is 28.6 Å². The smallest absolute Gasteiger partial charge is 0.410 e. The van der Waals surface area contributed by atoms with Gasteiger partial charge in [-0.3, -0.25) is 4.79 Å². The molecule has 2 amide bonds. The molecule has 0 bridgehead atoms. The summed E-state index contributed by atoms with van der Waals surface area (Å²) in [6.45, 7) is 14.6. The van der Waals surface area contributed by atoms with Gasteiger partial charge in [-0.2, -0.15) is 0 Å². The van der Waals surface area contributed by atoms with Crippen molar-refractivity contribution in [2.75, 3.05) is 32.7 Å². The number of nitrogens with one attached hydrogen (secondary N) is 1. The Kier molecular flexibility index (Phi) is 9.94. The van der Waals surface area contributed by atoms with Crippen LogP contribution in [0.3, 0.4) is 0 Å². The molecule has 0 saturated carbocycles. The van der Waals surface area contributed by atoms with Crippen LogP contribution in [0.25, 0.3) is 0 Å². The standard InChI is InChI=1S/C26H41N3O6/c1-19(22(30)34-25(2,3)4)15-27-16-21-17-28(23(31)35-26(5,6)7)13-14-29(21)24(32)33-18-20-11-9-8-10-12-20/h8-12,19,21,27H,13-18H2,1-7H3/t19?,21-/m1/s1. The Labute approximate surface area is 209 Å². The molecule has 1 heterocycles. The van der Waals surface area contributed by atoms with E-state index in [-0.39, 0.29) is 24.5 Å². The predicted molar refractivity (Wildman–Crippen MR) is 133 cm³/mol. The van der Waals surface area contributed by atoms with Gasteiger partial charge in [-0.05, 0) is 47.1 Å². The minimum Gasteiger partial charge on any atom is -0.460 e. The molecule has 0 aliphatic carbocycles. The van der Waals surface area contributed by atoms with Gasteiger partial charge in [-0.25, -0.2) is 9.59 Å². The minimum absolute atomic E-state index is 0.168. The molecule has 0 aromatic heterocycles. The van der Waals surface area contributed by atoms with Crippen LogP contribution in [-0.4, -0.2) is 77.9 Å². The summed E-state index contributed by atoms with van der Waals surface area (Å²) in [5.41, 5.74) is -0.268. The molecule has 1 aliphatic heterocycles. The molecule has 1 N–H and O–H groups in total. The van der Waals surface area contributed by atoms with Crippen LogP contribution in [0.15, 0.2) is 30.3 Å². The Morgan fingerprint density at radius 3 is 2.20 bits per heavy atom. The molecule has 9 nitrogen and oxygen atoms in total. The van der Waals surface area contributed by atoms with E-state index in [2.05, 4.69) is 5.32 Å². The van der Waals surface area contributed by atoms with Crippen LogP contribution < -0.4 is 5.32 Å². The van der Waals surface area contributed by atoms with Crippen molar-refractivity contribution >= 4 is 18.2 Å². The van der Waals surface area contributed by atoms with E-state index in [0.717, 1.165) is 5.56 Å². The van der Waals surface area contributed by atoms with Gasteiger partial charge in [0, 0.05) is 32.7 Å². The first-order chi connectivity index (χ1) is 16.2. The first-order valence-corrected chi connectivity index (χ1v) is 12.1. The number of amides is 2. The number of carbonyl (C=O) groups is 3. The third-order valence-corrected chi connectivity index (χ3v) is 5.21. The molecule has 1 fully saturated rings. The second kappa shape index (κ2) is 12.2. The molecule has 9 heteroatoms. The van der Waals surface area contributed by atoms with Crippen molar-refractivity contribution in [1.29, 1.82) is 0 Å². The van der Waals surface area contributed by atoms with Crippen molar-refractivity contribution in [3.05, 3.63) is 35.9 Å². The molecule has 1 unspecified atom stereocenters. The Balaban J connectivity index is 2.00. The zero-order chi connectivity index (χ0) is 26.2. The largest absolute Gasteiger partial charge is 0.460 e. The lowest BCUT2D eigenvalue weighted by atomic mass is 10.1. The molecule has 35 heavy (non-hydrogen) atoms.